The van der Waals surface area contributed by atoms with Gasteiger partial charge in [0.2, 0.25) is 0 Å². The van der Waals surface area contributed by atoms with Crippen molar-refractivity contribution in [3.05, 3.63) is 115 Å². The van der Waals surface area contributed by atoms with Crippen LogP contribution in [0.3, 0.4) is 0 Å². The second-order valence-corrected chi connectivity index (χ2v) is 10.6. The summed E-state index contributed by atoms with van der Waals surface area (Å²) in [7, 11) is 0. The van der Waals surface area contributed by atoms with Crippen LogP contribution < -0.4 is 0 Å². The summed E-state index contributed by atoms with van der Waals surface area (Å²) in [5.74, 6) is 0. The zero-order chi connectivity index (χ0) is 23.1. The van der Waals surface area contributed by atoms with Gasteiger partial charge in [-0.25, -0.2) is 0 Å². The fourth-order valence-electron chi connectivity index (χ4n) is 5.76. The first-order valence-corrected chi connectivity index (χ1v) is 12.8. The lowest BCUT2D eigenvalue weighted by Crippen LogP contribution is -1.81. The van der Waals surface area contributed by atoms with E-state index in [-0.39, 0.29) is 0 Å². The highest BCUT2D eigenvalue weighted by Gasteiger charge is 2.17. The number of aryl methyl sites for hydroxylation is 1. The molecular formula is C33H21NS. The van der Waals surface area contributed by atoms with Crippen LogP contribution in [0.4, 0.5) is 0 Å². The van der Waals surface area contributed by atoms with E-state index in [9.17, 15) is 0 Å². The van der Waals surface area contributed by atoms with Crippen LogP contribution in [0.5, 0.6) is 0 Å². The maximum absolute atomic E-state index is 2.40. The lowest BCUT2D eigenvalue weighted by Gasteiger charge is -2.06. The van der Waals surface area contributed by atoms with Crippen LogP contribution in [0.15, 0.2) is 109 Å². The van der Waals surface area contributed by atoms with Crippen molar-refractivity contribution in [1.29, 1.82) is 0 Å². The van der Waals surface area contributed by atoms with Crippen LogP contribution in [0.2, 0.25) is 0 Å². The molecule has 0 saturated heterocycles. The summed E-state index contributed by atoms with van der Waals surface area (Å²) in [6, 6.07) is 38.0. The van der Waals surface area contributed by atoms with Crippen molar-refractivity contribution in [3.8, 4) is 22.3 Å². The maximum atomic E-state index is 2.40. The number of hydrogen-bond donors (Lipinski definition) is 0. The largest absolute Gasteiger partial charge is 0.315 e. The zero-order valence-corrected chi connectivity index (χ0v) is 20.1. The monoisotopic (exact) mass is 463 g/mol. The third kappa shape index (κ3) is 2.69. The molecule has 0 radical (unpaired) electrons. The van der Waals surface area contributed by atoms with Gasteiger partial charge in [0.1, 0.15) is 0 Å². The van der Waals surface area contributed by atoms with Crippen molar-refractivity contribution in [2.75, 3.05) is 0 Å². The first kappa shape index (κ1) is 19.2. The highest BCUT2D eigenvalue weighted by molar-refractivity contribution is 7.25. The van der Waals surface area contributed by atoms with E-state index >= 15 is 0 Å². The van der Waals surface area contributed by atoms with Crippen LogP contribution >= 0.6 is 11.3 Å². The van der Waals surface area contributed by atoms with Gasteiger partial charge < -0.3 is 4.40 Å². The van der Waals surface area contributed by atoms with Gasteiger partial charge in [-0.1, -0.05) is 60.7 Å². The molecule has 0 spiro atoms. The molecule has 2 heteroatoms. The Hall–Kier alpha value is -4.14. The molecular weight excluding hydrogens is 442 g/mol. The number of hydrogen-bond acceptors (Lipinski definition) is 1. The molecule has 0 fully saturated rings. The number of benzene rings is 5. The predicted octanol–water partition coefficient (Wildman–Crippen LogP) is 9.69. The second kappa shape index (κ2) is 6.94. The molecule has 0 aliphatic rings. The third-order valence-corrected chi connectivity index (χ3v) is 8.61. The zero-order valence-electron chi connectivity index (χ0n) is 19.2. The number of rotatable bonds is 2. The highest BCUT2D eigenvalue weighted by Crippen LogP contribution is 2.41. The number of nitrogens with zero attached hydrogens (tertiary/aromatic N) is 1. The van der Waals surface area contributed by atoms with Crippen molar-refractivity contribution < 1.29 is 0 Å². The molecule has 0 N–H and O–H groups in total. The average molecular weight is 464 g/mol. The standard InChI is InChI=1S/C33H21NS/c1-20-19-34-30-13-11-22(21-7-3-2-4-8-21)15-27(30)29-18-24(17-26(20)33(29)34)23-12-14-32-28(16-23)25-9-5-6-10-31(25)35-32/h2-19H,1H3. The van der Waals surface area contributed by atoms with Crippen molar-refractivity contribution in [3.63, 3.8) is 0 Å². The smallest absolute Gasteiger partial charge is 0.0611 e. The summed E-state index contributed by atoms with van der Waals surface area (Å²) < 4.78 is 5.08. The summed E-state index contributed by atoms with van der Waals surface area (Å²) >= 11 is 1.87. The predicted molar refractivity (Wildman–Crippen MR) is 152 cm³/mol. The SMILES string of the molecule is Cc1cn2c3ccc(-c4ccccc4)cc3c3cc(-c4ccc5sc6ccccc6c5c4)cc1c32. The van der Waals surface area contributed by atoms with Gasteiger partial charge in [0, 0.05) is 42.5 Å². The van der Waals surface area contributed by atoms with Crippen molar-refractivity contribution in [1.82, 2.24) is 4.40 Å². The Morgan fingerprint density at radius 3 is 2.11 bits per heavy atom. The van der Waals surface area contributed by atoms with E-state index in [0.717, 1.165) is 0 Å². The molecule has 164 valence electrons. The molecule has 0 saturated carbocycles. The molecule has 8 aromatic rings. The fourth-order valence-corrected chi connectivity index (χ4v) is 6.85. The minimum absolute atomic E-state index is 1.25. The first-order valence-electron chi connectivity index (χ1n) is 12.0. The molecule has 5 aromatic carbocycles. The van der Waals surface area contributed by atoms with Gasteiger partial charge in [0.15, 0.2) is 0 Å². The van der Waals surface area contributed by atoms with Gasteiger partial charge in [0.05, 0.1) is 11.0 Å². The van der Waals surface area contributed by atoms with E-state index in [2.05, 4.69) is 121 Å². The normalized spacial score (nSPS) is 12.1. The summed E-state index contributed by atoms with van der Waals surface area (Å²) in [6.45, 7) is 2.23. The van der Waals surface area contributed by atoms with Crippen LogP contribution in [0.25, 0.3) is 69.6 Å². The number of thiophene rings is 1. The van der Waals surface area contributed by atoms with Gasteiger partial charge in [-0.15, -0.1) is 11.3 Å². The van der Waals surface area contributed by atoms with Crippen molar-refractivity contribution >= 4 is 58.7 Å². The van der Waals surface area contributed by atoms with Crippen LogP contribution in [0.1, 0.15) is 5.56 Å². The van der Waals surface area contributed by atoms with E-state index in [1.165, 1.54) is 75.2 Å². The van der Waals surface area contributed by atoms with Crippen LogP contribution in [-0.4, -0.2) is 4.40 Å². The Morgan fingerprint density at radius 2 is 1.20 bits per heavy atom. The molecule has 0 bridgehead atoms. The van der Waals surface area contributed by atoms with Crippen LogP contribution in [0, 0.1) is 6.92 Å². The molecule has 0 aliphatic heterocycles. The van der Waals surface area contributed by atoms with Crippen molar-refractivity contribution in [2.45, 2.75) is 6.92 Å². The number of fused-ring (bicyclic) bond motifs is 6. The molecule has 0 amide bonds. The number of aromatic nitrogens is 1. The van der Waals surface area contributed by atoms with E-state index in [1.807, 2.05) is 11.3 Å². The molecule has 3 aromatic heterocycles. The van der Waals surface area contributed by atoms with E-state index < -0.39 is 0 Å². The molecule has 8 rings (SSSR count). The Morgan fingerprint density at radius 1 is 0.514 bits per heavy atom. The van der Waals surface area contributed by atoms with E-state index in [0.29, 0.717) is 0 Å². The summed E-state index contributed by atoms with van der Waals surface area (Å²) in [5, 5.41) is 6.68. The van der Waals surface area contributed by atoms with Gasteiger partial charge in [-0.05, 0) is 77.2 Å². The molecule has 0 atom stereocenters. The molecule has 0 unspecified atom stereocenters. The van der Waals surface area contributed by atoms with Gasteiger partial charge in [-0.3, -0.25) is 0 Å². The first-order chi connectivity index (χ1) is 17.2. The Balaban J connectivity index is 1.42. The Bertz CT molecular complexity index is 2060. The molecule has 1 nitrogen and oxygen atoms in total. The Kier molecular flexibility index (Phi) is 3.81. The highest BCUT2D eigenvalue weighted by atomic mass is 32.1. The van der Waals surface area contributed by atoms with E-state index in [4.69, 9.17) is 0 Å². The fraction of sp³-hybridized carbons (Fsp3) is 0.0303. The van der Waals surface area contributed by atoms with Crippen molar-refractivity contribution in [2.24, 2.45) is 0 Å². The lowest BCUT2D eigenvalue weighted by atomic mass is 9.97. The average Bonchev–Trinajstić information content (AvgIpc) is 3.55. The molecule has 35 heavy (non-hydrogen) atoms. The second-order valence-electron chi connectivity index (χ2n) is 9.51. The summed E-state index contributed by atoms with van der Waals surface area (Å²) in [6.07, 6.45) is 2.29. The summed E-state index contributed by atoms with van der Waals surface area (Å²) in [5.41, 5.74) is 9.00. The summed E-state index contributed by atoms with van der Waals surface area (Å²) in [4.78, 5) is 0. The van der Waals surface area contributed by atoms with Crippen LogP contribution in [-0.2, 0) is 0 Å². The lowest BCUT2D eigenvalue weighted by molar-refractivity contribution is 1.28. The van der Waals surface area contributed by atoms with E-state index in [1.54, 1.807) is 0 Å². The quantitative estimate of drug-likeness (QED) is 0.240. The van der Waals surface area contributed by atoms with Gasteiger partial charge in [-0.2, -0.15) is 0 Å². The topological polar surface area (TPSA) is 4.41 Å². The van der Waals surface area contributed by atoms with Gasteiger partial charge in [0.25, 0.3) is 0 Å². The maximum Gasteiger partial charge on any atom is 0.0611 e. The molecule has 3 heterocycles. The van der Waals surface area contributed by atoms with Gasteiger partial charge >= 0.3 is 0 Å². The Labute approximate surface area is 206 Å². The minimum atomic E-state index is 1.25. The molecule has 0 aliphatic carbocycles. The minimum Gasteiger partial charge on any atom is -0.315 e. The third-order valence-electron chi connectivity index (χ3n) is 7.46.